The molecule has 2 aromatic heterocycles. The molecule has 0 aliphatic heterocycles. The second kappa shape index (κ2) is 4.61. The molecule has 2 rings (SSSR count). The Balaban J connectivity index is 2.36. The van der Waals surface area contributed by atoms with Crippen LogP contribution in [0, 0.1) is 11.6 Å². The van der Waals surface area contributed by atoms with E-state index in [4.69, 9.17) is 17.2 Å². The zero-order chi connectivity index (χ0) is 13.3. The summed E-state index contributed by atoms with van der Waals surface area (Å²) < 4.78 is 26.3. The zero-order valence-electron chi connectivity index (χ0n) is 8.89. The zero-order valence-corrected chi connectivity index (χ0v) is 9.71. The lowest BCUT2D eigenvalue weighted by molar-refractivity contribution is 0.552. The molecular weight excluding hydrogens is 262 g/mol. The quantitative estimate of drug-likeness (QED) is 0.698. The molecule has 6 N–H and O–H groups in total. The summed E-state index contributed by atoms with van der Waals surface area (Å²) in [4.78, 5) is 11.2. The molecule has 9 heteroatoms. The van der Waals surface area contributed by atoms with Gasteiger partial charge in [-0.2, -0.15) is 0 Å². The standard InChI is InChI=1S/C9H8F2N6S/c10-3-1-4(11)8(17-7(3)14)18-9-15-5(12)2-6(13)16-9/h1-2H,(H2,14,17)(H4,12,13,15,16). The van der Waals surface area contributed by atoms with Crippen molar-refractivity contribution < 1.29 is 8.78 Å². The first-order valence-corrected chi connectivity index (χ1v) is 5.47. The van der Waals surface area contributed by atoms with Gasteiger partial charge in [-0.25, -0.2) is 23.7 Å². The van der Waals surface area contributed by atoms with Crippen molar-refractivity contribution in [3.05, 3.63) is 23.8 Å². The van der Waals surface area contributed by atoms with Crippen LogP contribution in [-0.2, 0) is 0 Å². The van der Waals surface area contributed by atoms with Gasteiger partial charge in [0, 0.05) is 12.1 Å². The number of anilines is 3. The Morgan fingerprint density at radius 2 is 1.50 bits per heavy atom. The number of rotatable bonds is 2. The topological polar surface area (TPSA) is 117 Å². The average Bonchev–Trinajstić information content (AvgIpc) is 2.24. The van der Waals surface area contributed by atoms with Gasteiger partial charge >= 0.3 is 0 Å². The van der Waals surface area contributed by atoms with Gasteiger partial charge in [0.25, 0.3) is 0 Å². The highest BCUT2D eigenvalue weighted by molar-refractivity contribution is 7.99. The van der Waals surface area contributed by atoms with E-state index in [0.29, 0.717) is 6.07 Å². The van der Waals surface area contributed by atoms with Crippen LogP contribution in [0.1, 0.15) is 0 Å². The second-order valence-corrected chi connectivity index (χ2v) is 4.20. The number of nitrogens with two attached hydrogens (primary N) is 3. The van der Waals surface area contributed by atoms with E-state index in [0.717, 1.165) is 11.8 Å². The van der Waals surface area contributed by atoms with E-state index in [1.165, 1.54) is 6.07 Å². The predicted molar refractivity (Wildman–Crippen MR) is 63.5 cm³/mol. The summed E-state index contributed by atoms with van der Waals surface area (Å²) in [6, 6.07) is 1.99. The molecule has 0 atom stereocenters. The fraction of sp³-hybridized carbons (Fsp3) is 0. The average molecular weight is 270 g/mol. The summed E-state index contributed by atoms with van der Waals surface area (Å²) in [5.74, 6) is -1.92. The molecule has 0 amide bonds. The van der Waals surface area contributed by atoms with Crippen LogP contribution in [0.25, 0.3) is 0 Å². The first-order valence-electron chi connectivity index (χ1n) is 4.65. The molecular formula is C9H8F2N6S. The third kappa shape index (κ3) is 2.56. The Morgan fingerprint density at radius 1 is 0.889 bits per heavy atom. The van der Waals surface area contributed by atoms with Gasteiger partial charge in [0.1, 0.15) is 16.7 Å². The third-order valence-electron chi connectivity index (χ3n) is 1.86. The Morgan fingerprint density at radius 3 is 2.11 bits per heavy atom. The van der Waals surface area contributed by atoms with Gasteiger partial charge < -0.3 is 17.2 Å². The van der Waals surface area contributed by atoms with Crippen LogP contribution in [0.2, 0.25) is 0 Å². The Hall–Kier alpha value is -2.16. The minimum atomic E-state index is -0.926. The maximum Gasteiger partial charge on any atom is 0.197 e. The highest BCUT2D eigenvalue weighted by atomic mass is 32.2. The Bertz CT molecular complexity index is 586. The van der Waals surface area contributed by atoms with E-state index >= 15 is 0 Å². The third-order valence-corrected chi connectivity index (χ3v) is 2.70. The fourth-order valence-electron chi connectivity index (χ4n) is 1.13. The normalized spacial score (nSPS) is 10.6. The molecule has 0 unspecified atom stereocenters. The summed E-state index contributed by atoms with van der Waals surface area (Å²) in [5.41, 5.74) is 16.2. The number of halogens is 2. The number of hydrogen-bond donors (Lipinski definition) is 3. The Labute approximate surface area is 105 Å². The molecule has 6 nitrogen and oxygen atoms in total. The highest BCUT2D eigenvalue weighted by Gasteiger charge is 2.13. The summed E-state index contributed by atoms with van der Waals surface area (Å²) in [6.07, 6.45) is 0. The molecule has 0 radical (unpaired) electrons. The van der Waals surface area contributed by atoms with Crippen LogP contribution in [0.4, 0.5) is 26.2 Å². The van der Waals surface area contributed by atoms with Crippen molar-refractivity contribution in [1.82, 2.24) is 15.0 Å². The lowest BCUT2D eigenvalue weighted by atomic mass is 10.4. The maximum atomic E-state index is 13.4. The van der Waals surface area contributed by atoms with E-state index in [-0.39, 0.29) is 21.8 Å². The van der Waals surface area contributed by atoms with Crippen LogP contribution in [0.3, 0.4) is 0 Å². The van der Waals surface area contributed by atoms with Crippen LogP contribution >= 0.6 is 11.8 Å². The van der Waals surface area contributed by atoms with E-state index < -0.39 is 17.5 Å². The summed E-state index contributed by atoms with van der Waals surface area (Å²) in [7, 11) is 0. The number of aromatic nitrogens is 3. The molecule has 0 saturated carbocycles. The highest BCUT2D eigenvalue weighted by Crippen LogP contribution is 2.28. The summed E-state index contributed by atoms with van der Waals surface area (Å²) in [6.45, 7) is 0. The molecule has 18 heavy (non-hydrogen) atoms. The molecule has 0 aliphatic rings. The van der Waals surface area contributed by atoms with Crippen LogP contribution in [0.5, 0.6) is 0 Å². The van der Waals surface area contributed by atoms with Crippen molar-refractivity contribution in [3.8, 4) is 0 Å². The van der Waals surface area contributed by atoms with Gasteiger partial charge in [-0.1, -0.05) is 0 Å². The van der Waals surface area contributed by atoms with Gasteiger partial charge in [0.15, 0.2) is 22.6 Å². The molecule has 94 valence electrons. The number of pyridine rings is 1. The predicted octanol–water partition coefficient (Wildman–Crippen LogP) is 1.05. The van der Waals surface area contributed by atoms with Crippen LogP contribution in [0.15, 0.2) is 22.3 Å². The number of hydrogen-bond acceptors (Lipinski definition) is 7. The number of nitrogens with zero attached hydrogens (tertiary/aromatic N) is 3. The molecule has 0 aromatic carbocycles. The van der Waals surface area contributed by atoms with Crippen molar-refractivity contribution in [2.75, 3.05) is 17.2 Å². The van der Waals surface area contributed by atoms with Crippen molar-refractivity contribution in [3.63, 3.8) is 0 Å². The Kier molecular flexibility index (Phi) is 3.15. The van der Waals surface area contributed by atoms with E-state index in [9.17, 15) is 8.78 Å². The summed E-state index contributed by atoms with van der Waals surface area (Å²) >= 11 is 0.750. The lowest BCUT2D eigenvalue weighted by Crippen LogP contribution is -2.01. The first-order chi connectivity index (χ1) is 8.45. The van der Waals surface area contributed by atoms with Gasteiger partial charge in [-0.3, -0.25) is 0 Å². The van der Waals surface area contributed by atoms with Gasteiger partial charge in [-0.05, 0) is 11.8 Å². The first kappa shape index (κ1) is 12.3. The second-order valence-electron chi connectivity index (χ2n) is 3.24. The lowest BCUT2D eigenvalue weighted by Gasteiger charge is -2.04. The smallest absolute Gasteiger partial charge is 0.197 e. The van der Waals surface area contributed by atoms with Crippen molar-refractivity contribution in [2.24, 2.45) is 0 Å². The maximum absolute atomic E-state index is 13.4. The largest absolute Gasteiger partial charge is 0.383 e. The van der Waals surface area contributed by atoms with Crippen molar-refractivity contribution in [1.29, 1.82) is 0 Å². The van der Waals surface area contributed by atoms with Crippen molar-refractivity contribution >= 4 is 29.2 Å². The number of nitrogen functional groups attached to an aromatic ring is 3. The SMILES string of the molecule is Nc1cc(N)nc(Sc2nc(N)c(F)cc2F)n1. The molecule has 2 heterocycles. The molecule has 0 saturated heterocycles. The minimum Gasteiger partial charge on any atom is -0.383 e. The molecule has 0 fully saturated rings. The summed E-state index contributed by atoms with van der Waals surface area (Å²) in [5, 5.41) is -0.0520. The molecule has 0 bridgehead atoms. The molecule has 0 spiro atoms. The van der Waals surface area contributed by atoms with Gasteiger partial charge in [-0.15, -0.1) is 0 Å². The minimum absolute atomic E-state index is 0.102. The van der Waals surface area contributed by atoms with Crippen molar-refractivity contribution in [2.45, 2.75) is 10.2 Å². The van der Waals surface area contributed by atoms with E-state index in [2.05, 4.69) is 15.0 Å². The molecule has 2 aromatic rings. The van der Waals surface area contributed by atoms with E-state index in [1.54, 1.807) is 0 Å². The van der Waals surface area contributed by atoms with Gasteiger partial charge in [0.05, 0.1) is 0 Å². The monoisotopic (exact) mass is 270 g/mol. The van der Waals surface area contributed by atoms with Gasteiger partial charge in [0.2, 0.25) is 0 Å². The molecule has 0 aliphatic carbocycles. The van der Waals surface area contributed by atoms with E-state index in [1.807, 2.05) is 0 Å². The fourth-order valence-corrected chi connectivity index (χ4v) is 1.90. The van der Waals surface area contributed by atoms with Crippen LogP contribution < -0.4 is 17.2 Å². The van der Waals surface area contributed by atoms with Crippen LogP contribution in [-0.4, -0.2) is 15.0 Å².